The number of allylic oxidation sites excluding steroid dienone is 2. The van der Waals surface area contributed by atoms with Crippen molar-refractivity contribution in [2.75, 3.05) is 13.2 Å². The summed E-state index contributed by atoms with van der Waals surface area (Å²) >= 11 is 0. The van der Waals surface area contributed by atoms with Crippen LogP contribution in [0.25, 0.3) is 0 Å². The van der Waals surface area contributed by atoms with Gasteiger partial charge in [-0.3, -0.25) is 9.59 Å². The molecule has 0 aromatic heterocycles. The van der Waals surface area contributed by atoms with E-state index < -0.39 is 56.4 Å². The summed E-state index contributed by atoms with van der Waals surface area (Å²) in [7, 11) is -2.54. The molecule has 0 saturated heterocycles. The van der Waals surface area contributed by atoms with E-state index in [1.54, 1.807) is 13.8 Å². The van der Waals surface area contributed by atoms with Crippen molar-refractivity contribution in [1.82, 2.24) is 0 Å². The lowest BCUT2D eigenvalue weighted by molar-refractivity contribution is -0.164. The number of aliphatic hydroxyl groups excluding tert-OH is 3. The topological polar surface area (TPSA) is 145 Å². The Morgan fingerprint density at radius 1 is 0.745 bits per heavy atom. The lowest BCUT2D eigenvalue weighted by Crippen LogP contribution is -2.59. The number of rotatable bonds is 12. The van der Waals surface area contributed by atoms with E-state index in [1.165, 1.54) is 0 Å². The summed E-state index contributed by atoms with van der Waals surface area (Å²) in [4.78, 5) is 25.1. The van der Waals surface area contributed by atoms with Crippen molar-refractivity contribution in [3.63, 3.8) is 0 Å². The fourth-order valence-electron chi connectivity index (χ4n) is 9.01. The summed E-state index contributed by atoms with van der Waals surface area (Å²) in [6, 6.07) is 0. The number of Topliss-reactive ketones (excluding diaryl/α,β-unsaturated/α-hetero) is 2. The smallest absolute Gasteiger partial charge is 0.184 e. The molecule has 4 aliphatic carbocycles. The molecule has 2 saturated carbocycles. The molecule has 4 aliphatic rings. The lowest BCUT2D eigenvalue weighted by Gasteiger charge is -2.50. The Morgan fingerprint density at radius 2 is 1.14 bits per heavy atom. The summed E-state index contributed by atoms with van der Waals surface area (Å²) < 4.78 is 6.58. The van der Waals surface area contributed by atoms with E-state index in [4.69, 9.17) is 4.43 Å². The molecule has 0 aromatic carbocycles. The maximum Gasteiger partial charge on any atom is 0.184 e. The summed E-state index contributed by atoms with van der Waals surface area (Å²) in [5.41, 5.74) is -4.67. The second-order valence-electron chi connectivity index (χ2n) is 19.0. The van der Waals surface area contributed by atoms with E-state index in [-0.39, 0.29) is 55.6 Å². The molecule has 5 N–H and O–H groups in total. The monoisotopic (exact) mass is 753 g/mol. The first-order chi connectivity index (χ1) is 23.5. The Bertz CT molecular complexity index is 1180. The van der Waals surface area contributed by atoms with Crippen molar-refractivity contribution in [2.24, 2.45) is 34.5 Å². The van der Waals surface area contributed by atoms with Gasteiger partial charge >= 0.3 is 0 Å². The van der Waals surface area contributed by atoms with Gasteiger partial charge in [0, 0.05) is 44.6 Å². The number of ketones is 2. The van der Waals surface area contributed by atoms with Gasteiger partial charge in [0.25, 0.3) is 0 Å². The third kappa shape index (κ3) is 10.8. The minimum Gasteiger partial charge on any atom is -0.413 e. The SMILES string of the molecule is CCC[C@H]1C(=O)C[C@](CO)([C@H](O)[C@@H]2C=CCCC2)[C@@]1(C)O.CCC[C@H]1C(=O)C[C@](CO)([C@H](O[Si](C)(C)C)[C@@H]2C=CCCC2)[C@@]1(C)O.C[Si](C)(C)C. The first kappa shape index (κ1) is 46.2. The van der Waals surface area contributed by atoms with Crippen LogP contribution in [0.4, 0.5) is 0 Å². The summed E-state index contributed by atoms with van der Waals surface area (Å²) in [6.45, 7) is 22.5. The van der Waals surface area contributed by atoms with E-state index in [1.807, 2.05) is 26.0 Å². The lowest BCUT2D eigenvalue weighted by atomic mass is 9.64. The molecule has 0 radical (unpaired) electrons. The van der Waals surface area contributed by atoms with Gasteiger partial charge in [0.1, 0.15) is 11.6 Å². The first-order valence-corrected chi connectivity index (χ1v) is 27.3. The molecule has 0 unspecified atom stereocenters. The minimum atomic E-state index is -1.93. The third-order valence-electron chi connectivity index (χ3n) is 11.8. The van der Waals surface area contributed by atoms with Crippen LogP contribution >= 0.6 is 0 Å². The van der Waals surface area contributed by atoms with Crippen LogP contribution in [0.1, 0.15) is 105 Å². The first-order valence-electron chi connectivity index (χ1n) is 19.9. The Kier molecular flexibility index (Phi) is 16.8. The molecule has 0 spiro atoms. The van der Waals surface area contributed by atoms with Crippen LogP contribution in [0.5, 0.6) is 0 Å². The molecular formula is C41H76O8Si2. The Hall–Kier alpha value is -0.986. The number of hydrogen-bond donors (Lipinski definition) is 5. The Labute approximate surface area is 312 Å². The van der Waals surface area contributed by atoms with Crippen LogP contribution in [-0.4, -0.2) is 90.1 Å². The van der Waals surface area contributed by atoms with Crippen molar-refractivity contribution < 1.29 is 39.5 Å². The van der Waals surface area contributed by atoms with Crippen LogP contribution < -0.4 is 0 Å². The average molecular weight is 753 g/mol. The van der Waals surface area contributed by atoms with Gasteiger partial charge in [-0.05, 0) is 84.9 Å². The molecule has 0 aromatic rings. The minimum absolute atomic E-state index is 0.0326. The molecule has 10 atom stereocenters. The summed E-state index contributed by atoms with van der Waals surface area (Å²) in [5.74, 6) is -0.806. The second kappa shape index (κ2) is 18.6. The Balaban J connectivity index is 0.000000316. The standard InChI is InChI=1S/C20H36O4Si.C17H28O4.C4H12Si/c1-6-10-16-17(22)13-20(14-21,19(16,2)23)18(24-25(3,4)5)15-11-8-7-9-12-15;1-3-7-13-14(19)10-17(11-18,16(13,2)21)15(20)12-8-5-4-6-9-12;1-5(2,3)4/h8,11,15-16,18,21,23H,6-7,9-10,12-14H2,1-5H3;5,8,12-13,15,18,20-21H,3-4,6-7,9-11H2,1-2H3;1-4H3/t15-,16+,18-,19+,20+;12-,13+,15-,16+,17+;/m11./s1. The molecule has 0 bridgehead atoms. The van der Waals surface area contributed by atoms with E-state index in [0.717, 1.165) is 51.4 Å². The summed E-state index contributed by atoms with van der Waals surface area (Å²) in [5, 5.41) is 53.8. The molecule has 4 rings (SSSR count). The molecule has 8 nitrogen and oxygen atoms in total. The highest BCUT2D eigenvalue weighted by atomic mass is 28.4. The predicted molar refractivity (Wildman–Crippen MR) is 213 cm³/mol. The molecular weight excluding hydrogens is 677 g/mol. The number of hydrogen-bond acceptors (Lipinski definition) is 8. The largest absolute Gasteiger partial charge is 0.413 e. The van der Waals surface area contributed by atoms with Crippen LogP contribution in [-0.2, 0) is 14.0 Å². The predicted octanol–water partition coefficient (Wildman–Crippen LogP) is 7.46. The highest BCUT2D eigenvalue weighted by Gasteiger charge is 2.66. The van der Waals surface area contributed by atoms with Crippen molar-refractivity contribution in [2.45, 2.75) is 174 Å². The Morgan fingerprint density at radius 3 is 1.49 bits per heavy atom. The quantitative estimate of drug-likeness (QED) is 0.102. The van der Waals surface area contributed by atoms with Gasteiger partial charge in [0.15, 0.2) is 8.32 Å². The molecule has 51 heavy (non-hydrogen) atoms. The molecule has 2 fully saturated rings. The van der Waals surface area contributed by atoms with Crippen LogP contribution in [0.15, 0.2) is 24.3 Å². The van der Waals surface area contributed by atoms with E-state index in [2.05, 4.69) is 58.0 Å². The zero-order valence-corrected chi connectivity index (χ0v) is 36.1. The summed E-state index contributed by atoms with van der Waals surface area (Å²) in [6.07, 6.45) is 16.3. The molecule has 0 heterocycles. The zero-order chi connectivity index (χ0) is 39.1. The molecule has 0 amide bonds. The maximum absolute atomic E-state index is 12.8. The van der Waals surface area contributed by atoms with Gasteiger partial charge in [-0.2, -0.15) is 0 Å². The van der Waals surface area contributed by atoms with E-state index >= 15 is 0 Å². The van der Waals surface area contributed by atoms with E-state index in [0.29, 0.717) is 12.8 Å². The van der Waals surface area contributed by atoms with Crippen LogP contribution in [0.2, 0.25) is 45.8 Å². The normalized spacial score (nSPS) is 36.6. The van der Waals surface area contributed by atoms with Gasteiger partial charge in [-0.15, -0.1) is 0 Å². The van der Waals surface area contributed by atoms with Gasteiger partial charge in [0.05, 0.1) is 47.5 Å². The fraction of sp³-hybridized carbons (Fsp3) is 0.854. The number of carbonyl (C=O) groups excluding carboxylic acids is 2. The van der Waals surface area contributed by atoms with Gasteiger partial charge in [-0.1, -0.05) is 77.2 Å². The van der Waals surface area contributed by atoms with Crippen LogP contribution in [0, 0.1) is 34.5 Å². The van der Waals surface area contributed by atoms with Gasteiger partial charge in [0.2, 0.25) is 0 Å². The average Bonchev–Trinajstić information content (AvgIpc) is 3.37. The third-order valence-corrected chi connectivity index (χ3v) is 12.8. The molecule has 296 valence electrons. The molecule has 10 heteroatoms. The van der Waals surface area contributed by atoms with Crippen LogP contribution in [0.3, 0.4) is 0 Å². The van der Waals surface area contributed by atoms with Crippen molar-refractivity contribution in [3.05, 3.63) is 24.3 Å². The number of aliphatic hydroxyl groups is 5. The maximum atomic E-state index is 12.8. The number of carbonyl (C=O) groups is 2. The highest BCUT2D eigenvalue weighted by Crippen LogP contribution is 2.56. The van der Waals surface area contributed by atoms with Crippen molar-refractivity contribution in [3.8, 4) is 0 Å². The zero-order valence-electron chi connectivity index (χ0n) is 34.1. The van der Waals surface area contributed by atoms with Gasteiger partial charge < -0.3 is 30.0 Å². The van der Waals surface area contributed by atoms with Crippen molar-refractivity contribution in [1.29, 1.82) is 0 Å². The van der Waals surface area contributed by atoms with E-state index in [9.17, 15) is 35.1 Å². The highest BCUT2D eigenvalue weighted by molar-refractivity contribution is 6.74. The van der Waals surface area contributed by atoms with Gasteiger partial charge in [-0.25, -0.2) is 0 Å². The fourth-order valence-corrected chi connectivity index (χ4v) is 10.2. The molecule has 0 aliphatic heterocycles. The second-order valence-corrected chi connectivity index (χ2v) is 29.5. The van der Waals surface area contributed by atoms with Crippen molar-refractivity contribution >= 4 is 28.0 Å².